The maximum Gasteiger partial charge on any atom is 0.260 e. The zero-order chi connectivity index (χ0) is 26.8. The number of nitrogens with zero attached hydrogens (tertiary/aromatic N) is 1. The van der Waals surface area contributed by atoms with Gasteiger partial charge in [0, 0.05) is 13.7 Å². The van der Waals surface area contributed by atoms with Crippen molar-refractivity contribution in [3.63, 3.8) is 0 Å². The second kappa shape index (κ2) is 13.9. The summed E-state index contributed by atoms with van der Waals surface area (Å²) in [5, 5.41) is 3.62. The Hall–Kier alpha value is -2.97. The fraction of sp³-hybridized carbons (Fsp3) is 0.464. The first kappa shape index (κ1) is 29.3. The fourth-order valence-corrected chi connectivity index (χ4v) is 5.23. The molecule has 0 aliphatic carbocycles. The monoisotopic (exact) mass is 513 g/mol. The first-order valence-corrected chi connectivity index (χ1v) is 13.1. The van der Waals surface area contributed by atoms with E-state index in [0.29, 0.717) is 17.0 Å². The lowest BCUT2D eigenvalue weighted by Gasteiger charge is -2.15. The summed E-state index contributed by atoms with van der Waals surface area (Å²) in [6, 6.07) is 8.64. The molecule has 0 aliphatic rings. The molecule has 0 saturated carbocycles. The number of nitrogens with one attached hydrogen (secondary N) is 1. The number of hydrogen-bond acceptors (Lipinski definition) is 6. The molecule has 3 rings (SSSR count). The van der Waals surface area contributed by atoms with Gasteiger partial charge in [-0.2, -0.15) is 0 Å². The van der Waals surface area contributed by atoms with Crippen LogP contribution in [0.1, 0.15) is 71.3 Å². The molecule has 2 aromatic carbocycles. The van der Waals surface area contributed by atoms with Crippen molar-refractivity contribution in [2.75, 3.05) is 26.1 Å². The number of primary amides is 1. The normalized spacial score (nSPS) is 12.4. The third kappa shape index (κ3) is 8.03. The summed E-state index contributed by atoms with van der Waals surface area (Å²) in [5.41, 5.74) is 8.05. The van der Waals surface area contributed by atoms with Gasteiger partial charge < -0.3 is 20.5 Å². The number of carbonyl (C=O) groups excluding carboxylic acids is 2. The summed E-state index contributed by atoms with van der Waals surface area (Å²) in [6.45, 7) is 11.5. The number of amides is 2. The van der Waals surface area contributed by atoms with Crippen LogP contribution >= 0.6 is 11.3 Å². The molecule has 0 radical (unpaired) electrons. The van der Waals surface area contributed by atoms with Crippen molar-refractivity contribution in [2.24, 2.45) is 17.6 Å². The molecule has 1 heterocycles. The predicted molar refractivity (Wildman–Crippen MR) is 148 cm³/mol. The zero-order valence-corrected chi connectivity index (χ0v) is 23.3. The molecule has 2 unspecified atom stereocenters. The van der Waals surface area contributed by atoms with Gasteiger partial charge in [-0.05, 0) is 56.4 Å². The number of anilines is 1. The number of ether oxygens (including phenoxy) is 2. The van der Waals surface area contributed by atoms with E-state index >= 15 is 0 Å². The minimum Gasteiger partial charge on any atom is -0.496 e. The van der Waals surface area contributed by atoms with E-state index in [1.165, 1.54) is 37.7 Å². The second-order valence-corrected chi connectivity index (χ2v) is 10.5. The van der Waals surface area contributed by atoms with Crippen LogP contribution in [0.4, 0.5) is 5.69 Å². The van der Waals surface area contributed by atoms with Gasteiger partial charge in [0.15, 0.2) is 0 Å². The smallest absolute Gasteiger partial charge is 0.260 e. The van der Waals surface area contributed by atoms with Crippen molar-refractivity contribution in [1.29, 1.82) is 0 Å². The average Bonchev–Trinajstić information content (AvgIpc) is 3.20. The van der Waals surface area contributed by atoms with Gasteiger partial charge in [0.2, 0.25) is 0 Å². The number of thiazole rings is 1. The molecule has 7 nitrogen and oxygen atoms in total. The summed E-state index contributed by atoms with van der Waals surface area (Å²) >= 11 is 1.42. The molecule has 0 spiro atoms. The number of benzene rings is 2. The van der Waals surface area contributed by atoms with Crippen molar-refractivity contribution < 1.29 is 19.1 Å². The average molecular weight is 514 g/mol. The molecule has 0 aliphatic heterocycles. The highest BCUT2D eigenvalue weighted by molar-refractivity contribution is 7.19. The van der Waals surface area contributed by atoms with E-state index in [1.54, 1.807) is 31.4 Å². The predicted octanol–water partition coefficient (Wildman–Crippen LogP) is 6.37. The lowest BCUT2D eigenvalue weighted by molar-refractivity contribution is 0.100. The topological polar surface area (TPSA) is 104 Å². The van der Waals surface area contributed by atoms with Crippen LogP contribution in [0.5, 0.6) is 5.75 Å². The van der Waals surface area contributed by atoms with E-state index in [9.17, 15) is 9.59 Å². The van der Waals surface area contributed by atoms with Crippen LogP contribution < -0.4 is 15.8 Å². The van der Waals surface area contributed by atoms with Gasteiger partial charge in [0.05, 0.1) is 33.6 Å². The number of carbonyl (C=O) groups is 2. The van der Waals surface area contributed by atoms with Crippen LogP contribution in [0.2, 0.25) is 0 Å². The van der Waals surface area contributed by atoms with Crippen molar-refractivity contribution in [2.45, 2.75) is 53.9 Å². The maximum absolute atomic E-state index is 12.9. The number of methoxy groups -OCH3 is 2. The van der Waals surface area contributed by atoms with E-state index in [1.807, 2.05) is 19.9 Å². The summed E-state index contributed by atoms with van der Waals surface area (Å²) in [4.78, 5) is 29.0. The number of aromatic nitrogens is 1. The van der Waals surface area contributed by atoms with Crippen LogP contribution in [-0.2, 0) is 4.74 Å². The zero-order valence-electron chi connectivity index (χ0n) is 22.4. The van der Waals surface area contributed by atoms with Crippen molar-refractivity contribution in [3.8, 4) is 5.75 Å². The highest BCUT2D eigenvalue weighted by atomic mass is 32.1. The Morgan fingerprint density at radius 3 is 2.44 bits per heavy atom. The molecule has 196 valence electrons. The van der Waals surface area contributed by atoms with E-state index in [0.717, 1.165) is 39.2 Å². The molecular formula is C28H39N3O4S. The van der Waals surface area contributed by atoms with Crippen LogP contribution in [-0.4, -0.2) is 37.6 Å². The minimum absolute atomic E-state index is 0.264. The van der Waals surface area contributed by atoms with Gasteiger partial charge in [-0.1, -0.05) is 45.2 Å². The Labute approximate surface area is 218 Å². The number of aryl methyl sites for hydroxylation is 2. The van der Waals surface area contributed by atoms with Gasteiger partial charge in [-0.3, -0.25) is 9.59 Å². The quantitative estimate of drug-likeness (QED) is 0.328. The van der Waals surface area contributed by atoms with Gasteiger partial charge in [-0.25, -0.2) is 4.98 Å². The third-order valence-electron chi connectivity index (χ3n) is 5.80. The number of rotatable bonds is 10. The SMILES string of the molecule is CCCC(C)CC(C)COC.COc1ccc2nc(C)sc2c1C(=O)Nc1ccc(C)cc1C(N)=O. The van der Waals surface area contributed by atoms with E-state index in [-0.39, 0.29) is 11.5 Å². The van der Waals surface area contributed by atoms with Gasteiger partial charge >= 0.3 is 0 Å². The van der Waals surface area contributed by atoms with E-state index in [2.05, 4.69) is 31.1 Å². The van der Waals surface area contributed by atoms with Gasteiger partial charge in [0.25, 0.3) is 11.8 Å². The molecule has 1 aromatic heterocycles. The molecule has 3 aromatic rings. The maximum atomic E-state index is 12.9. The lowest BCUT2D eigenvalue weighted by atomic mass is 9.94. The lowest BCUT2D eigenvalue weighted by Crippen LogP contribution is -2.19. The summed E-state index contributed by atoms with van der Waals surface area (Å²) in [5.74, 6) is 1.06. The highest BCUT2D eigenvalue weighted by Gasteiger charge is 2.21. The standard InChI is InChI=1S/C18H17N3O3S.C10H22O/c1-9-4-5-12(11(8-9)17(19)22)21-18(23)15-14(24-3)7-6-13-16(15)25-10(2)20-13;1-5-6-9(2)7-10(3)8-11-4/h4-8H,1-3H3,(H2,19,22)(H,21,23);9-10H,5-8H2,1-4H3. The second-order valence-electron chi connectivity index (χ2n) is 9.28. The van der Waals surface area contributed by atoms with Crippen molar-refractivity contribution in [3.05, 3.63) is 52.0 Å². The molecule has 0 bridgehead atoms. The largest absolute Gasteiger partial charge is 0.496 e. The summed E-state index contributed by atoms with van der Waals surface area (Å²) in [7, 11) is 3.29. The third-order valence-corrected chi connectivity index (χ3v) is 6.80. The molecule has 0 fully saturated rings. The van der Waals surface area contributed by atoms with Crippen LogP contribution in [0.3, 0.4) is 0 Å². The summed E-state index contributed by atoms with van der Waals surface area (Å²) < 4.78 is 11.2. The Bertz CT molecular complexity index is 1170. The van der Waals surface area contributed by atoms with E-state index < -0.39 is 5.91 Å². The van der Waals surface area contributed by atoms with Crippen LogP contribution in [0.15, 0.2) is 30.3 Å². The van der Waals surface area contributed by atoms with Gasteiger partial charge in [0.1, 0.15) is 11.3 Å². The molecule has 8 heteroatoms. The molecular weight excluding hydrogens is 474 g/mol. The van der Waals surface area contributed by atoms with Crippen LogP contribution in [0.25, 0.3) is 10.2 Å². The molecule has 0 saturated heterocycles. The first-order chi connectivity index (χ1) is 17.1. The Morgan fingerprint density at radius 1 is 1.11 bits per heavy atom. The molecule has 36 heavy (non-hydrogen) atoms. The van der Waals surface area contributed by atoms with E-state index in [4.69, 9.17) is 15.2 Å². The Kier molecular flexibility index (Phi) is 11.3. The van der Waals surface area contributed by atoms with Crippen LogP contribution in [0, 0.1) is 25.7 Å². The minimum atomic E-state index is -0.599. The van der Waals surface area contributed by atoms with Gasteiger partial charge in [-0.15, -0.1) is 11.3 Å². The first-order valence-electron chi connectivity index (χ1n) is 12.3. The molecule has 3 N–H and O–H groups in total. The Balaban J connectivity index is 0.000000352. The fourth-order valence-electron chi connectivity index (χ4n) is 4.28. The molecule has 2 atom stereocenters. The molecule has 2 amide bonds. The highest BCUT2D eigenvalue weighted by Crippen LogP contribution is 2.33. The van der Waals surface area contributed by atoms with Crippen molar-refractivity contribution in [1.82, 2.24) is 4.98 Å². The number of fused-ring (bicyclic) bond motifs is 1. The van der Waals surface area contributed by atoms with Crippen molar-refractivity contribution >= 4 is 39.1 Å². The number of nitrogens with two attached hydrogens (primary N) is 1. The Morgan fingerprint density at radius 2 is 1.83 bits per heavy atom. The number of hydrogen-bond donors (Lipinski definition) is 2. The summed E-state index contributed by atoms with van der Waals surface area (Å²) in [6.07, 6.45) is 3.97.